The van der Waals surface area contributed by atoms with Crippen molar-refractivity contribution in [2.24, 2.45) is 20.5 Å². The number of rotatable bonds is 13. The van der Waals surface area contributed by atoms with Crippen LogP contribution in [0.1, 0.15) is 37.8 Å². The summed E-state index contributed by atoms with van der Waals surface area (Å²) in [5, 5.41) is 40.0. The summed E-state index contributed by atoms with van der Waals surface area (Å²) in [6.45, 7) is 8.01. The van der Waals surface area contributed by atoms with Crippen LogP contribution >= 0.6 is 0 Å². The van der Waals surface area contributed by atoms with Gasteiger partial charge in [0.25, 0.3) is 20.2 Å². The van der Waals surface area contributed by atoms with E-state index in [0.29, 0.717) is 57.2 Å². The zero-order chi connectivity index (χ0) is 42.1. The van der Waals surface area contributed by atoms with Crippen molar-refractivity contribution in [3.63, 3.8) is 0 Å². The number of nitrogen functional groups attached to an aromatic ring is 2. The van der Waals surface area contributed by atoms with Gasteiger partial charge in [0.1, 0.15) is 44.0 Å². The molecule has 0 fully saturated rings. The van der Waals surface area contributed by atoms with E-state index >= 15 is 0 Å². The van der Waals surface area contributed by atoms with Crippen molar-refractivity contribution in [3.8, 4) is 34.1 Å². The van der Waals surface area contributed by atoms with Gasteiger partial charge >= 0.3 is 0 Å². The Labute approximate surface area is 334 Å². The van der Waals surface area contributed by atoms with Gasteiger partial charge in [-0.05, 0) is 120 Å². The van der Waals surface area contributed by atoms with Gasteiger partial charge in [-0.25, -0.2) is 0 Å². The van der Waals surface area contributed by atoms with E-state index in [-0.39, 0.29) is 46.9 Å². The molecule has 6 aromatic carbocycles. The normalized spacial score (nSPS) is 12.3. The van der Waals surface area contributed by atoms with Gasteiger partial charge in [0.15, 0.2) is 11.5 Å². The van der Waals surface area contributed by atoms with Gasteiger partial charge in [0.2, 0.25) is 0 Å². The molecule has 0 bridgehead atoms. The van der Waals surface area contributed by atoms with Gasteiger partial charge in [-0.15, -0.1) is 20.5 Å². The molecule has 0 saturated heterocycles. The van der Waals surface area contributed by atoms with Gasteiger partial charge in [0, 0.05) is 22.1 Å². The molecule has 0 unspecified atom stereocenters. The fourth-order valence-electron chi connectivity index (χ4n) is 6.25. The third kappa shape index (κ3) is 8.49. The monoisotopic (exact) mass is 828 g/mol. The first-order chi connectivity index (χ1) is 27.4. The van der Waals surface area contributed by atoms with Crippen molar-refractivity contribution in [2.75, 3.05) is 24.7 Å². The molecule has 18 heteroatoms. The maximum absolute atomic E-state index is 12.4. The molecule has 302 valence electrons. The van der Waals surface area contributed by atoms with E-state index in [1.54, 1.807) is 24.3 Å². The largest absolute Gasteiger partial charge is 0.505 e. The topological polar surface area (TPSA) is 269 Å². The van der Waals surface area contributed by atoms with E-state index in [1.165, 1.54) is 48.5 Å². The molecular formula is C40H40N6O10S2. The van der Waals surface area contributed by atoms with E-state index in [9.17, 15) is 36.2 Å². The lowest BCUT2D eigenvalue weighted by atomic mass is 9.95. The molecular weight excluding hydrogens is 789 g/mol. The van der Waals surface area contributed by atoms with Crippen LogP contribution in [0.2, 0.25) is 0 Å². The molecule has 16 nitrogen and oxygen atoms in total. The van der Waals surface area contributed by atoms with E-state index in [2.05, 4.69) is 20.5 Å². The number of phenols is 2. The van der Waals surface area contributed by atoms with E-state index in [0.717, 1.165) is 0 Å². The number of anilines is 2. The summed E-state index contributed by atoms with van der Waals surface area (Å²) in [6.07, 6.45) is 1.26. The second-order valence-electron chi connectivity index (χ2n) is 13.4. The first-order valence-electron chi connectivity index (χ1n) is 17.8. The zero-order valence-corrected chi connectivity index (χ0v) is 33.4. The quantitative estimate of drug-likeness (QED) is 0.0361. The molecule has 0 spiro atoms. The minimum Gasteiger partial charge on any atom is -0.505 e. The highest BCUT2D eigenvalue weighted by molar-refractivity contribution is 7.86. The molecule has 0 aromatic heterocycles. The Hall–Kier alpha value is -6.34. The van der Waals surface area contributed by atoms with Gasteiger partial charge in [-0.1, -0.05) is 26.0 Å². The number of nitrogens with two attached hydrogens (primary N) is 2. The molecule has 0 aliphatic rings. The summed E-state index contributed by atoms with van der Waals surface area (Å²) in [5.41, 5.74) is 14.6. The van der Waals surface area contributed by atoms with Crippen LogP contribution in [0.15, 0.2) is 103 Å². The fraction of sp³-hybridized carbons (Fsp3) is 0.200. The van der Waals surface area contributed by atoms with Crippen LogP contribution in [0.25, 0.3) is 32.7 Å². The van der Waals surface area contributed by atoms with Crippen LogP contribution in [0.3, 0.4) is 0 Å². The van der Waals surface area contributed by atoms with Crippen LogP contribution in [-0.2, 0) is 20.2 Å². The van der Waals surface area contributed by atoms with Crippen molar-refractivity contribution >= 4 is 75.9 Å². The van der Waals surface area contributed by atoms with E-state index in [1.807, 2.05) is 27.7 Å². The predicted octanol–water partition coefficient (Wildman–Crippen LogP) is 9.75. The Morgan fingerprint density at radius 2 is 0.948 bits per heavy atom. The summed E-state index contributed by atoms with van der Waals surface area (Å²) in [5.74, 6) is -0.553. The van der Waals surface area contributed by atoms with Crippen molar-refractivity contribution in [2.45, 2.75) is 50.3 Å². The molecule has 0 radical (unpaired) electrons. The fourth-order valence-corrected chi connectivity index (χ4v) is 7.56. The minimum absolute atomic E-state index is 0.195. The Bertz CT molecular complexity index is 2700. The number of benzene rings is 6. The average molecular weight is 829 g/mol. The summed E-state index contributed by atoms with van der Waals surface area (Å²) < 4.78 is 81.8. The highest BCUT2D eigenvalue weighted by Crippen LogP contribution is 2.46. The van der Waals surface area contributed by atoms with Crippen LogP contribution in [0, 0.1) is 13.8 Å². The van der Waals surface area contributed by atoms with E-state index in [4.69, 9.17) is 20.9 Å². The summed E-state index contributed by atoms with van der Waals surface area (Å²) in [7, 11) is -9.71. The SMILES string of the molecule is CCCOc1cc(-c2cc(OCCC)c(N=Nc3c(S(=O)(=O)O)cc4ccc(N)cc4c3O)cc2C)c(C)cc1N=Nc1c(S(=O)(=O)O)cc2ccc(N)cc2c1O. The molecule has 0 aliphatic carbocycles. The minimum atomic E-state index is -4.86. The van der Waals surface area contributed by atoms with Crippen molar-refractivity contribution in [1.82, 2.24) is 0 Å². The van der Waals surface area contributed by atoms with Crippen LogP contribution < -0.4 is 20.9 Å². The number of aryl methyl sites for hydroxylation is 2. The lowest BCUT2D eigenvalue weighted by Crippen LogP contribution is -2.00. The molecule has 6 aromatic rings. The van der Waals surface area contributed by atoms with Gasteiger partial charge in [-0.3, -0.25) is 9.11 Å². The molecule has 0 aliphatic heterocycles. The maximum atomic E-state index is 12.4. The van der Waals surface area contributed by atoms with Gasteiger partial charge in [0.05, 0.1) is 13.2 Å². The molecule has 6 rings (SSSR count). The summed E-state index contributed by atoms with van der Waals surface area (Å²) in [4.78, 5) is -1.31. The second kappa shape index (κ2) is 16.3. The lowest BCUT2D eigenvalue weighted by Gasteiger charge is -2.17. The smallest absolute Gasteiger partial charge is 0.296 e. The number of nitrogens with zero attached hydrogens (tertiary/aromatic N) is 4. The Kier molecular flexibility index (Phi) is 11.6. The van der Waals surface area contributed by atoms with Crippen LogP contribution in [0.4, 0.5) is 34.1 Å². The Morgan fingerprint density at radius 1 is 0.569 bits per heavy atom. The first kappa shape index (κ1) is 41.3. The zero-order valence-electron chi connectivity index (χ0n) is 31.8. The number of azo groups is 2. The highest BCUT2D eigenvalue weighted by atomic mass is 32.2. The third-order valence-electron chi connectivity index (χ3n) is 9.05. The molecule has 0 atom stereocenters. The Morgan fingerprint density at radius 3 is 1.29 bits per heavy atom. The first-order valence-corrected chi connectivity index (χ1v) is 20.7. The second-order valence-corrected chi connectivity index (χ2v) is 16.2. The average Bonchev–Trinajstić information content (AvgIpc) is 3.16. The third-order valence-corrected chi connectivity index (χ3v) is 10.8. The molecule has 58 heavy (non-hydrogen) atoms. The molecule has 0 amide bonds. The number of ether oxygens (including phenoxy) is 2. The van der Waals surface area contributed by atoms with Gasteiger partial charge in [-0.2, -0.15) is 16.8 Å². The van der Waals surface area contributed by atoms with Crippen molar-refractivity contribution in [1.29, 1.82) is 0 Å². The predicted molar refractivity (Wildman–Crippen MR) is 221 cm³/mol. The van der Waals surface area contributed by atoms with E-state index < -0.39 is 52.9 Å². The molecule has 0 heterocycles. The summed E-state index contributed by atoms with van der Waals surface area (Å²) in [6, 6.07) is 18.1. The number of phenolic OH excluding ortho intramolecular Hbond substituents is 2. The lowest BCUT2D eigenvalue weighted by molar-refractivity contribution is 0.318. The Balaban J connectivity index is 1.46. The van der Waals surface area contributed by atoms with Crippen LogP contribution in [-0.4, -0.2) is 49.4 Å². The van der Waals surface area contributed by atoms with Gasteiger partial charge < -0.3 is 31.2 Å². The number of hydrogen-bond donors (Lipinski definition) is 6. The number of hydrogen-bond acceptors (Lipinski definition) is 14. The number of aromatic hydroxyl groups is 2. The number of fused-ring (bicyclic) bond motifs is 2. The van der Waals surface area contributed by atoms with Crippen molar-refractivity contribution < 1.29 is 45.6 Å². The molecule has 8 N–H and O–H groups in total. The standard InChI is InChI=1S/C40H40N6O10S2/c1-5-11-55-33-19-27(21(3)13-31(33)43-45-37-35(57(49,50)51)15-23-7-9-25(41)17-29(23)39(37)47)28-20-34(56-12-6-2)32(14-22(28)4)44-46-38-36(58(52,53)54)16-24-8-10-26(42)18-30(24)40(38)48/h7-10,13-20,47-48H,5-6,11-12,41-42H2,1-4H3,(H,49,50,51)(H,52,53,54). The highest BCUT2D eigenvalue weighted by Gasteiger charge is 2.24. The molecule has 0 saturated carbocycles. The summed E-state index contributed by atoms with van der Waals surface area (Å²) >= 11 is 0. The van der Waals surface area contributed by atoms with Crippen molar-refractivity contribution in [3.05, 3.63) is 83.9 Å². The van der Waals surface area contributed by atoms with Crippen LogP contribution in [0.5, 0.6) is 23.0 Å². The maximum Gasteiger partial charge on any atom is 0.296 e.